The summed E-state index contributed by atoms with van der Waals surface area (Å²) >= 11 is 0. The fourth-order valence-corrected chi connectivity index (χ4v) is 4.01. The van der Waals surface area contributed by atoms with Crippen molar-refractivity contribution < 1.29 is 19.4 Å². The first-order chi connectivity index (χ1) is 11.6. The number of carboxylic acids is 1. The van der Waals surface area contributed by atoms with Crippen molar-refractivity contribution >= 4 is 11.9 Å². The molecule has 2 fully saturated rings. The average molecular weight is 340 g/mol. The molecule has 1 amide bonds. The number of rotatable bonds is 7. The third kappa shape index (κ3) is 5.18. The fourth-order valence-electron chi connectivity index (χ4n) is 4.01. The Hall–Kier alpha value is -1.14. The van der Waals surface area contributed by atoms with Gasteiger partial charge in [-0.3, -0.25) is 14.5 Å². The number of nitrogens with zero attached hydrogens (tertiary/aromatic N) is 2. The van der Waals surface area contributed by atoms with Crippen LogP contribution >= 0.6 is 0 Å². The van der Waals surface area contributed by atoms with Gasteiger partial charge in [-0.1, -0.05) is 12.8 Å². The molecule has 138 valence electrons. The number of likely N-dealkylation sites (tertiary alicyclic amines) is 2. The molecule has 0 aromatic heterocycles. The molecule has 2 rings (SSSR count). The third-order valence-electron chi connectivity index (χ3n) is 5.43. The standard InChI is InChI=1S/C18H32N2O4/c1-24-13-7-9-18(17(22)23)8-6-10-19(15-18)14-16(21)20-11-4-2-3-5-12-20/h2-15H2,1H3,(H,22,23). The molecule has 2 aliphatic heterocycles. The van der Waals surface area contributed by atoms with Crippen LogP contribution in [0.4, 0.5) is 0 Å². The number of carbonyl (C=O) groups is 2. The van der Waals surface area contributed by atoms with Gasteiger partial charge in [0.2, 0.25) is 5.91 Å². The van der Waals surface area contributed by atoms with Gasteiger partial charge in [0.25, 0.3) is 0 Å². The maximum atomic E-state index is 12.6. The Morgan fingerprint density at radius 3 is 2.42 bits per heavy atom. The zero-order chi connectivity index (χ0) is 17.4. The molecule has 0 radical (unpaired) electrons. The Morgan fingerprint density at radius 1 is 1.08 bits per heavy atom. The lowest BCUT2D eigenvalue weighted by atomic mass is 9.76. The van der Waals surface area contributed by atoms with Gasteiger partial charge in [0.15, 0.2) is 0 Å². The quantitative estimate of drug-likeness (QED) is 0.718. The Kier molecular flexibility index (Phi) is 7.49. The highest BCUT2D eigenvalue weighted by Crippen LogP contribution is 2.35. The van der Waals surface area contributed by atoms with E-state index in [-0.39, 0.29) is 5.91 Å². The predicted molar refractivity (Wildman–Crippen MR) is 91.9 cm³/mol. The molecular formula is C18H32N2O4. The van der Waals surface area contributed by atoms with Gasteiger partial charge >= 0.3 is 5.97 Å². The van der Waals surface area contributed by atoms with Crippen LogP contribution in [0.2, 0.25) is 0 Å². The zero-order valence-corrected chi connectivity index (χ0v) is 15.0. The minimum Gasteiger partial charge on any atom is -0.481 e. The minimum absolute atomic E-state index is 0.162. The normalized spacial score (nSPS) is 26.1. The lowest BCUT2D eigenvalue weighted by molar-refractivity contribution is -0.154. The molecule has 6 nitrogen and oxygen atoms in total. The van der Waals surface area contributed by atoms with Crippen molar-refractivity contribution in [3.05, 3.63) is 0 Å². The Morgan fingerprint density at radius 2 is 1.79 bits per heavy atom. The molecule has 1 unspecified atom stereocenters. The monoisotopic (exact) mass is 340 g/mol. The molecule has 0 bridgehead atoms. The van der Waals surface area contributed by atoms with Crippen molar-refractivity contribution in [1.82, 2.24) is 9.80 Å². The van der Waals surface area contributed by atoms with Gasteiger partial charge in [0, 0.05) is 33.4 Å². The first-order valence-corrected chi connectivity index (χ1v) is 9.30. The maximum Gasteiger partial charge on any atom is 0.310 e. The number of methoxy groups -OCH3 is 1. The highest BCUT2D eigenvalue weighted by Gasteiger charge is 2.42. The van der Waals surface area contributed by atoms with Crippen molar-refractivity contribution in [1.29, 1.82) is 0 Å². The number of piperidine rings is 1. The molecule has 24 heavy (non-hydrogen) atoms. The Bertz CT molecular complexity index is 421. The number of amides is 1. The largest absolute Gasteiger partial charge is 0.481 e. The lowest BCUT2D eigenvalue weighted by Crippen LogP contribution is -2.51. The SMILES string of the molecule is COCCCC1(C(=O)O)CCCN(CC(=O)N2CCCCCC2)C1. The average Bonchev–Trinajstić information content (AvgIpc) is 2.84. The van der Waals surface area contributed by atoms with E-state index in [0.717, 1.165) is 45.3 Å². The maximum absolute atomic E-state index is 12.6. The third-order valence-corrected chi connectivity index (χ3v) is 5.43. The van der Waals surface area contributed by atoms with Crippen LogP contribution in [0.1, 0.15) is 51.4 Å². The Balaban J connectivity index is 1.92. The second-order valence-electron chi connectivity index (χ2n) is 7.29. The number of hydrogen-bond acceptors (Lipinski definition) is 4. The Labute approximate surface area is 145 Å². The van der Waals surface area contributed by atoms with E-state index in [1.165, 1.54) is 12.8 Å². The molecular weight excluding hydrogens is 308 g/mol. The van der Waals surface area contributed by atoms with Crippen molar-refractivity contribution in [2.45, 2.75) is 51.4 Å². The number of carboxylic acid groups (broad SMARTS) is 1. The van der Waals surface area contributed by atoms with E-state index in [1.807, 2.05) is 4.90 Å². The number of hydrogen-bond donors (Lipinski definition) is 1. The molecule has 2 heterocycles. The molecule has 1 N–H and O–H groups in total. The summed E-state index contributed by atoms with van der Waals surface area (Å²) in [5.74, 6) is -0.569. The molecule has 2 saturated heterocycles. The molecule has 0 aromatic carbocycles. The van der Waals surface area contributed by atoms with Gasteiger partial charge in [-0.05, 0) is 45.1 Å². The van der Waals surface area contributed by atoms with Crippen molar-refractivity contribution in [3.63, 3.8) is 0 Å². The van der Waals surface area contributed by atoms with Crippen LogP contribution < -0.4 is 0 Å². The van der Waals surface area contributed by atoms with Crippen LogP contribution in [0, 0.1) is 5.41 Å². The summed E-state index contributed by atoms with van der Waals surface area (Å²) in [6.45, 7) is 3.95. The van der Waals surface area contributed by atoms with E-state index in [1.54, 1.807) is 7.11 Å². The van der Waals surface area contributed by atoms with Crippen LogP contribution in [-0.4, -0.2) is 73.2 Å². The lowest BCUT2D eigenvalue weighted by Gasteiger charge is -2.40. The summed E-state index contributed by atoms with van der Waals surface area (Å²) in [6.07, 6.45) is 7.47. The number of ether oxygens (including phenoxy) is 1. The number of aliphatic carboxylic acids is 1. The van der Waals surface area contributed by atoms with Gasteiger partial charge in [0.05, 0.1) is 12.0 Å². The zero-order valence-electron chi connectivity index (χ0n) is 15.0. The second-order valence-corrected chi connectivity index (χ2v) is 7.29. The summed E-state index contributed by atoms with van der Waals surface area (Å²) in [4.78, 5) is 28.5. The van der Waals surface area contributed by atoms with E-state index in [9.17, 15) is 14.7 Å². The van der Waals surface area contributed by atoms with E-state index >= 15 is 0 Å². The summed E-state index contributed by atoms with van der Waals surface area (Å²) in [6, 6.07) is 0. The smallest absolute Gasteiger partial charge is 0.310 e. The summed E-state index contributed by atoms with van der Waals surface area (Å²) in [7, 11) is 1.64. The summed E-state index contributed by atoms with van der Waals surface area (Å²) < 4.78 is 5.07. The predicted octanol–water partition coefficient (Wildman–Crippen LogP) is 1.98. The van der Waals surface area contributed by atoms with Crippen LogP contribution in [0.15, 0.2) is 0 Å². The van der Waals surface area contributed by atoms with Crippen molar-refractivity contribution in [3.8, 4) is 0 Å². The van der Waals surface area contributed by atoms with E-state index in [0.29, 0.717) is 32.5 Å². The van der Waals surface area contributed by atoms with Crippen LogP contribution in [-0.2, 0) is 14.3 Å². The molecule has 0 spiro atoms. The molecule has 0 aliphatic carbocycles. The first kappa shape index (κ1) is 19.2. The van der Waals surface area contributed by atoms with Crippen molar-refractivity contribution in [2.75, 3.05) is 46.4 Å². The minimum atomic E-state index is -0.731. The first-order valence-electron chi connectivity index (χ1n) is 9.30. The summed E-state index contributed by atoms with van der Waals surface area (Å²) in [5.41, 5.74) is -0.726. The molecule has 2 aliphatic rings. The van der Waals surface area contributed by atoms with Gasteiger partial charge in [-0.15, -0.1) is 0 Å². The topological polar surface area (TPSA) is 70.1 Å². The van der Waals surface area contributed by atoms with E-state index in [4.69, 9.17) is 4.74 Å². The van der Waals surface area contributed by atoms with E-state index < -0.39 is 11.4 Å². The van der Waals surface area contributed by atoms with Crippen LogP contribution in [0.3, 0.4) is 0 Å². The van der Waals surface area contributed by atoms with E-state index in [2.05, 4.69) is 4.90 Å². The second kappa shape index (κ2) is 9.37. The molecule has 0 aromatic rings. The molecule has 1 atom stereocenters. The van der Waals surface area contributed by atoms with Gasteiger partial charge in [0.1, 0.15) is 0 Å². The van der Waals surface area contributed by atoms with Crippen LogP contribution in [0.5, 0.6) is 0 Å². The van der Waals surface area contributed by atoms with Gasteiger partial charge < -0.3 is 14.7 Å². The highest BCUT2D eigenvalue weighted by atomic mass is 16.5. The van der Waals surface area contributed by atoms with Crippen LogP contribution in [0.25, 0.3) is 0 Å². The van der Waals surface area contributed by atoms with Gasteiger partial charge in [-0.2, -0.15) is 0 Å². The molecule has 6 heteroatoms. The fraction of sp³-hybridized carbons (Fsp3) is 0.889. The molecule has 0 saturated carbocycles. The van der Waals surface area contributed by atoms with Gasteiger partial charge in [-0.25, -0.2) is 0 Å². The van der Waals surface area contributed by atoms with Crippen molar-refractivity contribution in [2.24, 2.45) is 5.41 Å². The number of carbonyl (C=O) groups excluding carboxylic acids is 1. The highest BCUT2D eigenvalue weighted by molar-refractivity contribution is 5.79. The summed E-state index contributed by atoms with van der Waals surface area (Å²) in [5, 5.41) is 9.76.